The Labute approximate surface area is 125 Å². The molecule has 0 amide bonds. The van der Waals surface area contributed by atoms with Crippen LogP contribution in [0.25, 0.3) is 0 Å². The topological polar surface area (TPSA) is 114 Å². The van der Waals surface area contributed by atoms with Gasteiger partial charge in [-0.3, -0.25) is 4.68 Å². The highest BCUT2D eigenvalue weighted by Gasteiger charge is 2.09. The van der Waals surface area contributed by atoms with Crippen LogP contribution < -0.4 is 15.8 Å². The summed E-state index contributed by atoms with van der Waals surface area (Å²) in [5.74, 6) is 0.423. The average Bonchev–Trinajstić information content (AvgIpc) is 2.59. The van der Waals surface area contributed by atoms with Crippen molar-refractivity contribution in [3.05, 3.63) is 17.0 Å². The van der Waals surface area contributed by atoms with Crippen LogP contribution in [0.2, 0.25) is 0 Å². The third-order valence-corrected chi connectivity index (χ3v) is 3.85. The normalized spacial score (nSPS) is 12.5. The summed E-state index contributed by atoms with van der Waals surface area (Å²) in [7, 11) is -1.58. The molecule has 4 N–H and O–H groups in total. The lowest BCUT2D eigenvalue weighted by Crippen LogP contribution is -2.40. The van der Waals surface area contributed by atoms with E-state index in [1.807, 2.05) is 32.5 Å². The molecule has 0 unspecified atom stereocenters. The summed E-state index contributed by atoms with van der Waals surface area (Å²) in [6, 6.07) is 0. The van der Waals surface area contributed by atoms with E-state index < -0.39 is 10.0 Å². The average molecular weight is 316 g/mol. The molecule has 1 aromatic rings. The SMILES string of the molecule is CCNC(=NCc1c(C)nn(C)c1C)NCCS(N)(=O)=O. The molecule has 9 heteroatoms. The number of nitrogens with one attached hydrogen (secondary N) is 2. The second-order valence-electron chi connectivity index (χ2n) is 4.76. The highest BCUT2D eigenvalue weighted by atomic mass is 32.2. The number of rotatable bonds is 6. The van der Waals surface area contributed by atoms with Crippen LogP contribution in [-0.2, 0) is 23.6 Å². The van der Waals surface area contributed by atoms with E-state index in [2.05, 4.69) is 20.7 Å². The Balaban J connectivity index is 2.71. The minimum absolute atomic E-state index is 0.137. The molecule has 21 heavy (non-hydrogen) atoms. The summed E-state index contributed by atoms with van der Waals surface area (Å²) in [6.07, 6.45) is 0. The van der Waals surface area contributed by atoms with Gasteiger partial charge in [-0.25, -0.2) is 18.5 Å². The van der Waals surface area contributed by atoms with Crippen LogP contribution in [0.1, 0.15) is 23.9 Å². The van der Waals surface area contributed by atoms with Gasteiger partial charge in [-0.1, -0.05) is 0 Å². The molecule has 1 rings (SSSR count). The second-order valence-corrected chi connectivity index (χ2v) is 6.50. The minimum Gasteiger partial charge on any atom is -0.357 e. The maximum absolute atomic E-state index is 10.9. The summed E-state index contributed by atoms with van der Waals surface area (Å²) in [4.78, 5) is 4.44. The Hall–Kier alpha value is -1.61. The molecule has 0 spiro atoms. The number of nitrogens with two attached hydrogens (primary N) is 1. The number of primary sulfonamides is 1. The summed E-state index contributed by atoms with van der Waals surface area (Å²) >= 11 is 0. The van der Waals surface area contributed by atoms with Crippen molar-refractivity contribution in [1.29, 1.82) is 0 Å². The van der Waals surface area contributed by atoms with E-state index in [0.29, 0.717) is 19.0 Å². The lowest BCUT2D eigenvalue weighted by Gasteiger charge is -2.10. The fraction of sp³-hybridized carbons (Fsp3) is 0.667. The lowest BCUT2D eigenvalue weighted by atomic mass is 10.2. The monoisotopic (exact) mass is 316 g/mol. The molecule has 0 atom stereocenters. The maximum Gasteiger partial charge on any atom is 0.210 e. The molecular weight excluding hydrogens is 292 g/mol. The fourth-order valence-corrected chi connectivity index (χ4v) is 2.24. The number of hydrogen-bond donors (Lipinski definition) is 3. The van der Waals surface area contributed by atoms with Crippen molar-refractivity contribution in [2.24, 2.45) is 17.2 Å². The van der Waals surface area contributed by atoms with E-state index in [9.17, 15) is 8.42 Å². The number of hydrogen-bond acceptors (Lipinski definition) is 4. The molecule has 0 saturated carbocycles. The van der Waals surface area contributed by atoms with E-state index in [0.717, 1.165) is 17.0 Å². The first-order valence-corrected chi connectivity index (χ1v) is 8.48. The molecule has 0 bridgehead atoms. The number of aliphatic imine (C=N–C) groups is 1. The fourth-order valence-electron chi connectivity index (χ4n) is 1.86. The maximum atomic E-state index is 10.9. The molecule has 120 valence electrons. The van der Waals surface area contributed by atoms with Crippen LogP contribution >= 0.6 is 0 Å². The molecule has 0 radical (unpaired) electrons. The smallest absolute Gasteiger partial charge is 0.210 e. The molecule has 0 aliphatic rings. The zero-order valence-corrected chi connectivity index (χ0v) is 13.8. The molecule has 0 fully saturated rings. The summed E-state index contributed by atoms with van der Waals surface area (Å²) in [5, 5.41) is 15.3. The van der Waals surface area contributed by atoms with Crippen molar-refractivity contribution < 1.29 is 8.42 Å². The van der Waals surface area contributed by atoms with E-state index in [1.165, 1.54) is 0 Å². The van der Waals surface area contributed by atoms with Crippen LogP contribution in [-0.4, -0.2) is 43.0 Å². The molecule has 0 aromatic carbocycles. The molecule has 8 nitrogen and oxygen atoms in total. The first kappa shape index (κ1) is 17.4. The third kappa shape index (κ3) is 5.72. The second kappa shape index (κ2) is 7.41. The highest BCUT2D eigenvalue weighted by Crippen LogP contribution is 2.12. The minimum atomic E-state index is -3.47. The number of nitrogens with zero attached hydrogens (tertiary/aromatic N) is 3. The van der Waals surface area contributed by atoms with Crippen LogP contribution in [0, 0.1) is 13.8 Å². The zero-order valence-electron chi connectivity index (χ0n) is 13.0. The van der Waals surface area contributed by atoms with Crippen molar-refractivity contribution in [2.45, 2.75) is 27.3 Å². The third-order valence-electron chi connectivity index (χ3n) is 3.08. The van der Waals surface area contributed by atoms with E-state index >= 15 is 0 Å². The van der Waals surface area contributed by atoms with E-state index in [4.69, 9.17) is 5.14 Å². The zero-order chi connectivity index (χ0) is 16.0. The van der Waals surface area contributed by atoms with Crippen molar-refractivity contribution in [3.63, 3.8) is 0 Å². The first-order valence-electron chi connectivity index (χ1n) is 6.76. The molecular formula is C12H24N6O2S. The van der Waals surface area contributed by atoms with Gasteiger partial charge in [0.2, 0.25) is 10.0 Å². The number of aryl methyl sites for hydroxylation is 2. The summed E-state index contributed by atoms with van der Waals surface area (Å²) in [6.45, 7) is 7.26. The predicted molar refractivity (Wildman–Crippen MR) is 83.5 cm³/mol. The molecule has 1 heterocycles. The number of sulfonamides is 1. The van der Waals surface area contributed by atoms with Gasteiger partial charge in [-0.2, -0.15) is 5.10 Å². The Kier molecular flexibility index (Phi) is 6.16. The molecule has 1 aromatic heterocycles. The number of guanidine groups is 1. The molecule has 0 aliphatic heterocycles. The van der Waals surface area contributed by atoms with Crippen molar-refractivity contribution in [3.8, 4) is 0 Å². The van der Waals surface area contributed by atoms with Crippen LogP contribution in [0.4, 0.5) is 0 Å². The summed E-state index contributed by atoms with van der Waals surface area (Å²) < 4.78 is 23.6. The van der Waals surface area contributed by atoms with Gasteiger partial charge in [0.15, 0.2) is 5.96 Å². The van der Waals surface area contributed by atoms with Gasteiger partial charge in [-0.05, 0) is 20.8 Å². The quantitative estimate of drug-likeness (QED) is 0.478. The first-order chi connectivity index (χ1) is 9.74. The lowest BCUT2D eigenvalue weighted by molar-refractivity contribution is 0.596. The number of aromatic nitrogens is 2. The van der Waals surface area contributed by atoms with Gasteiger partial charge in [0.1, 0.15) is 0 Å². The standard InChI is InChI=1S/C12H24N6O2S/c1-5-14-12(15-6-7-21(13,19)20)16-8-11-9(2)17-18(4)10(11)3/h5-8H2,1-4H3,(H2,13,19,20)(H2,14,15,16). The van der Waals surface area contributed by atoms with Gasteiger partial charge < -0.3 is 10.6 Å². The molecule has 0 aliphatic carbocycles. The van der Waals surface area contributed by atoms with Crippen molar-refractivity contribution >= 4 is 16.0 Å². The predicted octanol–water partition coefficient (Wildman–Crippen LogP) is -0.619. The van der Waals surface area contributed by atoms with Crippen molar-refractivity contribution in [2.75, 3.05) is 18.8 Å². The van der Waals surface area contributed by atoms with Crippen molar-refractivity contribution in [1.82, 2.24) is 20.4 Å². The van der Waals surface area contributed by atoms with Gasteiger partial charge in [0.25, 0.3) is 0 Å². The van der Waals surface area contributed by atoms with Crippen LogP contribution in [0.15, 0.2) is 4.99 Å². The van der Waals surface area contributed by atoms with E-state index in [1.54, 1.807) is 0 Å². The highest BCUT2D eigenvalue weighted by molar-refractivity contribution is 7.89. The van der Waals surface area contributed by atoms with Gasteiger partial charge in [0.05, 0.1) is 18.0 Å². The Morgan fingerprint density at radius 1 is 1.38 bits per heavy atom. The Bertz CT molecular complexity index is 606. The molecule has 0 saturated heterocycles. The summed E-state index contributed by atoms with van der Waals surface area (Å²) in [5.41, 5.74) is 3.08. The Morgan fingerprint density at radius 3 is 2.52 bits per heavy atom. The van der Waals surface area contributed by atoms with Crippen LogP contribution in [0.5, 0.6) is 0 Å². The van der Waals surface area contributed by atoms with Gasteiger partial charge >= 0.3 is 0 Å². The van der Waals surface area contributed by atoms with Crippen LogP contribution in [0.3, 0.4) is 0 Å². The largest absolute Gasteiger partial charge is 0.357 e. The van der Waals surface area contributed by atoms with Gasteiger partial charge in [-0.15, -0.1) is 0 Å². The van der Waals surface area contributed by atoms with E-state index in [-0.39, 0.29) is 12.3 Å². The van der Waals surface area contributed by atoms with Gasteiger partial charge in [0, 0.05) is 31.4 Å². The Morgan fingerprint density at radius 2 is 2.05 bits per heavy atom.